The van der Waals surface area contributed by atoms with Crippen molar-refractivity contribution in [1.82, 2.24) is 20.5 Å². The van der Waals surface area contributed by atoms with Crippen molar-refractivity contribution >= 4 is 64.5 Å². The van der Waals surface area contributed by atoms with Crippen molar-refractivity contribution in [3.8, 4) is 34.6 Å². The van der Waals surface area contributed by atoms with Gasteiger partial charge in [0, 0.05) is 24.6 Å². The maximum atomic E-state index is 15.7. The minimum atomic E-state index is -1.57. The lowest BCUT2D eigenvalue weighted by Gasteiger charge is -2.38. The van der Waals surface area contributed by atoms with E-state index < -0.39 is 58.8 Å². The normalized spacial score (nSPS) is 18.0. The van der Waals surface area contributed by atoms with Crippen molar-refractivity contribution < 1.29 is 56.1 Å². The molecule has 0 spiro atoms. The van der Waals surface area contributed by atoms with Crippen LogP contribution in [-0.4, -0.2) is 95.3 Å². The number of halogens is 3. The third-order valence-electron chi connectivity index (χ3n) is 10.6. The average molecular weight is 870 g/mol. The van der Waals surface area contributed by atoms with Gasteiger partial charge in [-0.15, -0.1) is 0 Å². The van der Waals surface area contributed by atoms with Crippen LogP contribution in [0.1, 0.15) is 53.0 Å². The molecule has 3 aliphatic heterocycles. The number of amides is 5. The number of piperidine rings is 1. The van der Waals surface area contributed by atoms with Crippen LogP contribution in [-0.2, 0) is 19.2 Å². The minimum Gasteiger partial charge on any atom is -0.492 e. The van der Waals surface area contributed by atoms with Crippen molar-refractivity contribution in [3.63, 3.8) is 0 Å². The van der Waals surface area contributed by atoms with E-state index in [1.54, 1.807) is 0 Å². The Labute approximate surface area is 356 Å². The van der Waals surface area contributed by atoms with Gasteiger partial charge in [0.05, 0.1) is 47.9 Å². The molecular weight excluding hydrogens is 836 g/mol. The maximum Gasteiger partial charge on any atom is 0.266 e. The molecule has 4 heterocycles. The van der Waals surface area contributed by atoms with Gasteiger partial charge in [0.25, 0.3) is 23.6 Å². The number of nitriles is 1. The van der Waals surface area contributed by atoms with Crippen LogP contribution in [0.25, 0.3) is 11.3 Å². The Balaban J connectivity index is 0.952. The average Bonchev–Trinajstić information content (AvgIpc) is 3.62. The van der Waals surface area contributed by atoms with Gasteiger partial charge in [-0.25, -0.2) is 13.2 Å². The van der Waals surface area contributed by atoms with Gasteiger partial charge < -0.3 is 34.5 Å². The van der Waals surface area contributed by atoms with E-state index in [1.807, 2.05) is 6.07 Å². The smallest absolute Gasteiger partial charge is 0.266 e. The van der Waals surface area contributed by atoms with Crippen molar-refractivity contribution in [2.75, 3.05) is 43.2 Å². The third-order valence-corrected chi connectivity index (χ3v) is 10.9. The highest BCUT2D eigenvalue weighted by Crippen LogP contribution is 2.41. The number of nitrogens with zero attached hydrogens (tertiary/aromatic N) is 5. The van der Waals surface area contributed by atoms with Crippen LogP contribution in [0.2, 0.25) is 0 Å². The summed E-state index contributed by atoms with van der Waals surface area (Å²) >= 11 is 5.57. The van der Waals surface area contributed by atoms with Gasteiger partial charge in [-0.2, -0.15) is 5.26 Å². The van der Waals surface area contributed by atoms with E-state index in [2.05, 4.69) is 15.6 Å². The lowest BCUT2D eigenvalue weighted by atomic mass is 9.89. The lowest BCUT2D eigenvalue weighted by Crippen LogP contribution is -2.62. The summed E-state index contributed by atoms with van der Waals surface area (Å²) in [6.45, 7) is 1.90. The van der Waals surface area contributed by atoms with Crippen molar-refractivity contribution in [3.05, 3.63) is 94.9 Å². The molecule has 2 fully saturated rings. The molecule has 2 N–H and O–H groups in total. The number of imide groups is 1. The predicted molar refractivity (Wildman–Crippen MR) is 216 cm³/mol. The summed E-state index contributed by atoms with van der Waals surface area (Å²) in [5.41, 5.74) is -3.68. The number of hydrogen-bond acceptors (Lipinski definition) is 12. The number of thiocarbonyl (C=S) groups is 1. The monoisotopic (exact) mass is 869 g/mol. The lowest BCUT2D eigenvalue weighted by molar-refractivity contribution is -0.127. The summed E-state index contributed by atoms with van der Waals surface area (Å²) < 4.78 is 62.5. The summed E-state index contributed by atoms with van der Waals surface area (Å²) in [6.07, 6.45) is 1.60. The summed E-state index contributed by atoms with van der Waals surface area (Å²) in [7, 11) is 1.17. The fourth-order valence-electron chi connectivity index (χ4n) is 7.40. The Morgan fingerprint density at radius 3 is 2.45 bits per heavy atom. The number of aldehydes is 1. The second-order valence-corrected chi connectivity index (χ2v) is 15.1. The molecule has 1 unspecified atom stereocenters. The van der Waals surface area contributed by atoms with E-state index in [0.29, 0.717) is 6.29 Å². The largest absolute Gasteiger partial charge is 0.492 e. The number of nitrogens with one attached hydrogen (secondary N) is 2. The summed E-state index contributed by atoms with van der Waals surface area (Å²) in [5.74, 6) is -6.56. The number of rotatable bonds is 13. The molecular formula is C42H34F3N7O9S. The number of methoxy groups -OCH3 is 1. The standard InChI is InChI=1S/C42H34F3N7O9S/c1-41(2)39(58)50(28-9-7-23(17-46)36(59-3)34(28)45)40(62)51(41)24-16-27(44)35(48-18-24)22-8-10-29(26(43)15-22)60-14-13-47-32(55)19-61-30-6-4-5-25-33(30)38(57)52(37(25)56)42(21-53)12-11-31(54)49-20-42/h4-10,15-16,18,21H,11-14,19-20H2,1-3H3,(H,47,55)(H,49,54). The Hall–Kier alpha value is -7.40. The second kappa shape index (κ2) is 16.6. The van der Waals surface area contributed by atoms with Gasteiger partial charge in [0.1, 0.15) is 41.5 Å². The van der Waals surface area contributed by atoms with Crippen LogP contribution in [0.15, 0.2) is 60.8 Å². The van der Waals surface area contributed by atoms with E-state index in [1.165, 1.54) is 74.5 Å². The molecule has 3 aliphatic rings. The highest BCUT2D eigenvalue weighted by molar-refractivity contribution is 7.81. The molecule has 7 rings (SSSR count). The zero-order chi connectivity index (χ0) is 44.7. The van der Waals surface area contributed by atoms with Gasteiger partial charge in [-0.3, -0.25) is 38.8 Å². The van der Waals surface area contributed by atoms with Crippen LogP contribution in [0, 0.1) is 28.8 Å². The van der Waals surface area contributed by atoms with Gasteiger partial charge in [-0.1, -0.05) is 6.07 Å². The van der Waals surface area contributed by atoms with Crippen molar-refractivity contribution in [2.24, 2.45) is 0 Å². The number of pyridine rings is 1. The minimum absolute atomic E-state index is 0.0226. The summed E-state index contributed by atoms with van der Waals surface area (Å²) in [5, 5.41) is 14.2. The number of anilines is 2. The molecule has 0 saturated carbocycles. The number of benzene rings is 3. The maximum absolute atomic E-state index is 15.7. The molecule has 4 aromatic rings. The molecule has 2 saturated heterocycles. The fraction of sp³-hybridized carbons (Fsp3) is 0.262. The van der Waals surface area contributed by atoms with Crippen LogP contribution in [0.5, 0.6) is 17.2 Å². The zero-order valence-electron chi connectivity index (χ0n) is 33.0. The highest BCUT2D eigenvalue weighted by atomic mass is 32.1. The molecule has 5 amide bonds. The van der Waals surface area contributed by atoms with E-state index in [0.717, 1.165) is 21.9 Å². The van der Waals surface area contributed by atoms with E-state index in [-0.39, 0.29) is 100 Å². The zero-order valence-corrected chi connectivity index (χ0v) is 33.9. The second-order valence-electron chi connectivity index (χ2n) is 14.7. The Morgan fingerprint density at radius 1 is 1.02 bits per heavy atom. The Bertz CT molecular complexity index is 2640. The van der Waals surface area contributed by atoms with Gasteiger partial charge >= 0.3 is 0 Å². The first-order chi connectivity index (χ1) is 29.6. The Morgan fingerprint density at radius 2 is 1.79 bits per heavy atom. The number of ether oxygens (including phenoxy) is 3. The molecule has 1 atom stereocenters. The van der Waals surface area contributed by atoms with Gasteiger partial charge in [0.15, 0.2) is 40.7 Å². The van der Waals surface area contributed by atoms with Gasteiger partial charge in [-0.05, 0) is 75.0 Å². The molecule has 62 heavy (non-hydrogen) atoms. The summed E-state index contributed by atoms with van der Waals surface area (Å²) in [4.78, 5) is 84.0. The molecule has 0 radical (unpaired) electrons. The highest BCUT2D eigenvalue weighted by Gasteiger charge is 2.53. The number of hydrogen-bond donors (Lipinski definition) is 2. The molecule has 0 bridgehead atoms. The molecule has 1 aromatic heterocycles. The van der Waals surface area contributed by atoms with Crippen LogP contribution < -0.4 is 34.6 Å². The van der Waals surface area contributed by atoms with Crippen molar-refractivity contribution in [1.29, 1.82) is 5.26 Å². The topological polar surface area (TPSA) is 201 Å². The van der Waals surface area contributed by atoms with Crippen LogP contribution in [0.3, 0.4) is 0 Å². The molecule has 16 nitrogen and oxygen atoms in total. The fourth-order valence-corrected chi connectivity index (χ4v) is 7.92. The first-order valence-corrected chi connectivity index (χ1v) is 19.2. The Kier molecular flexibility index (Phi) is 11.4. The molecule has 318 valence electrons. The molecule has 20 heteroatoms. The number of aromatic nitrogens is 1. The first-order valence-electron chi connectivity index (χ1n) is 18.8. The van der Waals surface area contributed by atoms with Crippen LogP contribution >= 0.6 is 12.2 Å². The molecule has 0 aliphatic carbocycles. The SMILES string of the molecule is COc1c(C#N)ccc(N2C(=O)C(C)(C)N(c3cnc(-c4ccc(OCCNC(=O)COc5cccc6c5C(=O)N(C5(C=O)CCC(=O)NC5)C6=O)c(F)c4)c(F)c3)C2=S)c1F. The predicted octanol–water partition coefficient (Wildman–Crippen LogP) is 3.98. The van der Waals surface area contributed by atoms with E-state index in [4.69, 9.17) is 26.4 Å². The molecule has 3 aromatic carbocycles. The summed E-state index contributed by atoms with van der Waals surface area (Å²) in [6, 6.07) is 13.2. The van der Waals surface area contributed by atoms with Gasteiger partial charge in [0.2, 0.25) is 5.91 Å². The van der Waals surface area contributed by atoms with E-state index >= 15 is 13.2 Å². The first kappa shape index (κ1) is 42.7. The number of carbonyl (C=O) groups is 6. The van der Waals surface area contributed by atoms with E-state index in [9.17, 15) is 34.0 Å². The quantitative estimate of drug-likeness (QED) is 0.0847. The third kappa shape index (κ3) is 7.29. The van der Waals surface area contributed by atoms with Crippen LogP contribution in [0.4, 0.5) is 24.5 Å². The number of carbonyl (C=O) groups excluding carboxylic acids is 6. The van der Waals surface area contributed by atoms with Crippen molar-refractivity contribution in [2.45, 2.75) is 37.8 Å². The number of fused-ring (bicyclic) bond motifs is 1.